The number of rotatable bonds is 3. The molecule has 2 heterocycles. The van der Waals surface area contributed by atoms with E-state index in [9.17, 15) is 4.39 Å². The molecule has 0 aliphatic heterocycles. The second kappa shape index (κ2) is 5.90. The van der Waals surface area contributed by atoms with Crippen molar-refractivity contribution < 1.29 is 4.39 Å². The Morgan fingerprint density at radius 3 is 2.62 bits per heavy atom. The maximum absolute atomic E-state index is 14.0. The number of para-hydroxylation sites is 2. The van der Waals surface area contributed by atoms with Crippen LogP contribution in [0.3, 0.4) is 0 Å². The van der Waals surface area contributed by atoms with Crippen molar-refractivity contribution in [1.82, 2.24) is 19.7 Å². The van der Waals surface area contributed by atoms with Crippen molar-refractivity contribution in [3.05, 3.63) is 71.9 Å². The van der Waals surface area contributed by atoms with Crippen molar-refractivity contribution in [3.63, 3.8) is 0 Å². The van der Waals surface area contributed by atoms with Gasteiger partial charge in [-0.3, -0.25) is 0 Å². The van der Waals surface area contributed by atoms with Gasteiger partial charge in [-0.25, -0.2) is 19.0 Å². The highest BCUT2D eigenvalue weighted by Gasteiger charge is 2.14. The molecule has 0 fully saturated rings. The lowest BCUT2D eigenvalue weighted by atomic mass is 10.3. The van der Waals surface area contributed by atoms with E-state index in [-0.39, 0.29) is 5.82 Å². The predicted molar refractivity (Wildman–Crippen MR) is 91.4 cm³/mol. The molecular weight excluding hydrogens is 329 g/mol. The van der Waals surface area contributed by atoms with E-state index in [1.165, 1.54) is 17.1 Å². The molecule has 0 atom stereocenters. The van der Waals surface area contributed by atoms with Gasteiger partial charge in [0.05, 0.1) is 22.3 Å². The monoisotopic (exact) mass is 339 g/mol. The highest BCUT2D eigenvalue weighted by atomic mass is 35.5. The van der Waals surface area contributed by atoms with Gasteiger partial charge in [0, 0.05) is 0 Å². The highest BCUT2D eigenvalue weighted by Crippen LogP contribution is 2.28. The van der Waals surface area contributed by atoms with Crippen LogP contribution >= 0.6 is 11.6 Å². The smallest absolute Gasteiger partial charge is 0.168 e. The number of halogens is 2. The van der Waals surface area contributed by atoms with Gasteiger partial charge in [0.2, 0.25) is 0 Å². The van der Waals surface area contributed by atoms with E-state index in [1.807, 2.05) is 18.2 Å². The van der Waals surface area contributed by atoms with E-state index in [0.29, 0.717) is 27.6 Å². The number of hydrogen-bond acceptors (Lipinski definition) is 4. The topological polar surface area (TPSA) is 55.6 Å². The van der Waals surface area contributed by atoms with Crippen molar-refractivity contribution in [1.29, 1.82) is 0 Å². The minimum Gasteiger partial charge on any atom is -0.338 e. The van der Waals surface area contributed by atoms with Gasteiger partial charge in [0.25, 0.3) is 0 Å². The van der Waals surface area contributed by atoms with Gasteiger partial charge < -0.3 is 5.32 Å². The molecule has 1 N–H and O–H groups in total. The first kappa shape index (κ1) is 14.6. The molecule has 0 saturated heterocycles. The molecule has 118 valence electrons. The molecule has 5 nitrogen and oxygen atoms in total. The summed E-state index contributed by atoms with van der Waals surface area (Å²) in [4.78, 5) is 8.48. The van der Waals surface area contributed by atoms with Crippen LogP contribution in [0.1, 0.15) is 0 Å². The Balaban J connectivity index is 1.83. The summed E-state index contributed by atoms with van der Waals surface area (Å²) in [5.41, 5.74) is 1.55. The number of nitrogens with zero attached hydrogens (tertiary/aromatic N) is 4. The summed E-state index contributed by atoms with van der Waals surface area (Å²) in [6.07, 6.45) is 3.00. The van der Waals surface area contributed by atoms with E-state index < -0.39 is 0 Å². The Hall–Kier alpha value is -2.99. The Morgan fingerprint density at radius 2 is 1.79 bits per heavy atom. The molecule has 0 saturated carbocycles. The average molecular weight is 340 g/mol. The first-order valence-electron chi connectivity index (χ1n) is 7.19. The van der Waals surface area contributed by atoms with Gasteiger partial charge in [0.15, 0.2) is 5.65 Å². The Morgan fingerprint density at radius 1 is 1.00 bits per heavy atom. The van der Waals surface area contributed by atoms with Crippen LogP contribution in [0.15, 0.2) is 61.1 Å². The molecule has 0 aliphatic carbocycles. The Kier molecular flexibility index (Phi) is 3.59. The quantitative estimate of drug-likeness (QED) is 0.603. The van der Waals surface area contributed by atoms with E-state index in [4.69, 9.17) is 11.6 Å². The molecule has 0 aliphatic rings. The normalized spacial score (nSPS) is 10.9. The van der Waals surface area contributed by atoms with Gasteiger partial charge in [-0.2, -0.15) is 5.10 Å². The fourth-order valence-electron chi connectivity index (χ4n) is 2.43. The molecule has 4 aromatic rings. The number of anilines is 2. The summed E-state index contributed by atoms with van der Waals surface area (Å²) in [7, 11) is 0. The third-order valence-electron chi connectivity index (χ3n) is 3.57. The standard InChI is InChI=1S/C17H11ClFN5/c18-12-5-1-3-7-14(12)23-16-11-9-22-24(17(11)21-10-20-16)15-8-4-2-6-13(15)19/h1-10H,(H,20,21,23). The Labute approximate surface area is 141 Å². The van der Waals surface area contributed by atoms with Crippen LogP contribution in [0.2, 0.25) is 5.02 Å². The molecule has 2 aromatic heterocycles. The zero-order chi connectivity index (χ0) is 16.5. The second-order valence-electron chi connectivity index (χ2n) is 5.07. The molecule has 2 aromatic carbocycles. The summed E-state index contributed by atoms with van der Waals surface area (Å²) in [5.74, 6) is 0.178. The lowest BCUT2D eigenvalue weighted by Gasteiger charge is -2.08. The zero-order valence-electron chi connectivity index (χ0n) is 12.3. The van der Waals surface area contributed by atoms with Crippen molar-refractivity contribution in [3.8, 4) is 5.69 Å². The van der Waals surface area contributed by atoms with E-state index >= 15 is 0 Å². The molecule has 4 rings (SSSR count). The van der Waals surface area contributed by atoms with Crippen LogP contribution in [-0.2, 0) is 0 Å². The maximum Gasteiger partial charge on any atom is 0.168 e. The van der Waals surface area contributed by atoms with Crippen LogP contribution in [0, 0.1) is 5.82 Å². The maximum atomic E-state index is 14.0. The largest absolute Gasteiger partial charge is 0.338 e. The molecule has 0 spiro atoms. The van der Waals surface area contributed by atoms with Crippen LogP contribution in [-0.4, -0.2) is 19.7 Å². The molecule has 0 unspecified atom stereocenters. The highest BCUT2D eigenvalue weighted by molar-refractivity contribution is 6.33. The van der Waals surface area contributed by atoms with Gasteiger partial charge in [-0.05, 0) is 24.3 Å². The van der Waals surface area contributed by atoms with E-state index in [0.717, 1.165) is 5.69 Å². The SMILES string of the molecule is Fc1ccccc1-n1ncc2c(Nc3ccccc3Cl)ncnc21. The van der Waals surface area contributed by atoms with Gasteiger partial charge in [-0.1, -0.05) is 35.9 Å². The number of fused-ring (bicyclic) bond motifs is 1. The molecular formula is C17H11ClFN5. The zero-order valence-corrected chi connectivity index (χ0v) is 13.1. The predicted octanol–water partition coefficient (Wildman–Crippen LogP) is 4.35. The van der Waals surface area contributed by atoms with Crippen LogP contribution < -0.4 is 5.32 Å². The Bertz CT molecular complexity index is 1030. The third kappa shape index (κ3) is 2.47. The lowest BCUT2D eigenvalue weighted by Crippen LogP contribution is -2.01. The summed E-state index contributed by atoms with van der Waals surface area (Å²) in [6, 6.07) is 13.7. The van der Waals surface area contributed by atoms with Crippen molar-refractivity contribution in [2.24, 2.45) is 0 Å². The fraction of sp³-hybridized carbons (Fsp3) is 0. The molecule has 0 bridgehead atoms. The van der Waals surface area contributed by atoms with Crippen molar-refractivity contribution >= 4 is 34.1 Å². The molecule has 24 heavy (non-hydrogen) atoms. The van der Waals surface area contributed by atoms with E-state index in [1.54, 1.807) is 30.5 Å². The number of benzene rings is 2. The molecule has 7 heteroatoms. The first-order chi connectivity index (χ1) is 11.7. The average Bonchev–Trinajstić information content (AvgIpc) is 3.02. The first-order valence-corrected chi connectivity index (χ1v) is 7.57. The van der Waals surface area contributed by atoms with Gasteiger partial charge in [-0.15, -0.1) is 0 Å². The van der Waals surface area contributed by atoms with Crippen molar-refractivity contribution in [2.75, 3.05) is 5.32 Å². The van der Waals surface area contributed by atoms with Gasteiger partial charge >= 0.3 is 0 Å². The summed E-state index contributed by atoms with van der Waals surface area (Å²) >= 11 is 6.17. The van der Waals surface area contributed by atoms with Crippen LogP contribution in [0.5, 0.6) is 0 Å². The van der Waals surface area contributed by atoms with Gasteiger partial charge in [0.1, 0.15) is 23.6 Å². The third-order valence-corrected chi connectivity index (χ3v) is 3.90. The lowest BCUT2D eigenvalue weighted by molar-refractivity contribution is 0.612. The number of hydrogen-bond donors (Lipinski definition) is 1. The van der Waals surface area contributed by atoms with Crippen LogP contribution in [0.4, 0.5) is 15.9 Å². The van der Waals surface area contributed by atoms with Crippen molar-refractivity contribution in [2.45, 2.75) is 0 Å². The number of aromatic nitrogens is 4. The fourth-order valence-corrected chi connectivity index (χ4v) is 2.62. The minimum atomic E-state index is -0.373. The summed E-state index contributed by atoms with van der Waals surface area (Å²) in [5, 5.41) is 8.66. The summed E-state index contributed by atoms with van der Waals surface area (Å²) < 4.78 is 15.5. The summed E-state index contributed by atoms with van der Waals surface area (Å²) in [6.45, 7) is 0. The van der Waals surface area contributed by atoms with E-state index in [2.05, 4.69) is 20.4 Å². The molecule has 0 radical (unpaired) electrons. The molecule has 0 amide bonds. The van der Waals surface area contributed by atoms with Crippen LogP contribution in [0.25, 0.3) is 16.7 Å². The minimum absolute atomic E-state index is 0.329. The second-order valence-corrected chi connectivity index (χ2v) is 5.48. The number of nitrogens with one attached hydrogen (secondary N) is 1.